The highest BCUT2D eigenvalue weighted by molar-refractivity contribution is 6.32. The average molecular weight is 236 g/mol. The van der Waals surface area contributed by atoms with Crippen molar-refractivity contribution in [1.29, 1.82) is 0 Å². The maximum absolute atomic E-state index is 6.22. The zero-order chi connectivity index (χ0) is 11.5. The van der Waals surface area contributed by atoms with Crippen LogP contribution in [-0.2, 0) is 6.42 Å². The Labute approximate surface area is 99.7 Å². The SMILES string of the molecule is Cc1cccc(C(N)Cc2ncc[nH]2)c1Cl. The third-order valence-corrected chi connectivity index (χ3v) is 3.11. The molecule has 1 aromatic carbocycles. The summed E-state index contributed by atoms with van der Waals surface area (Å²) >= 11 is 6.22. The van der Waals surface area contributed by atoms with E-state index in [1.54, 1.807) is 12.4 Å². The minimum absolute atomic E-state index is 0.126. The molecular formula is C12H14ClN3. The van der Waals surface area contributed by atoms with Crippen LogP contribution < -0.4 is 5.73 Å². The molecule has 1 aromatic heterocycles. The number of nitrogens with one attached hydrogen (secondary N) is 1. The van der Waals surface area contributed by atoms with Crippen LogP contribution in [0.5, 0.6) is 0 Å². The quantitative estimate of drug-likeness (QED) is 0.859. The van der Waals surface area contributed by atoms with E-state index in [4.69, 9.17) is 17.3 Å². The van der Waals surface area contributed by atoms with E-state index in [0.29, 0.717) is 6.42 Å². The van der Waals surface area contributed by atoms with Gasteiger partial charge in [0.1, 0.15) is 5.82 Å². The molecule has 0 radical (unpaired) electrons. The van der Waals surface area contributed by atoms with Gasteiger partial charge in [-0.15, -0.1) is 0 Å². The highest BCUT2D eigenvalue weighted by Gasteiger charge is 2.12. The van der Waals surface area contributed by atoms with Crippen molar-refractivity contribution in [2.45, 2.75) is 19.4 Å². The zero-order valence-corrected chi connectivity index (χ0v) is 9.83. The van der Waals surface area contributed by atoms with Crippen molar-refractivity contribution in [2.75, 3.05) is 0 Å². The Bertz CT molecular complexity index is 465. The summed E-state index contributed by atoms with van der Waals surface area (Å²) in [4.78, 5) is 7.19. The smallest absolute Gasteiger partial charge is 0.107 e. The molecule has 2 aromatic rings. The maximum Gasteiger partial charge on any atom is 0.107 e. The summed E-state index contributed by atoms with van der Waals surface area (Å²) in [5.41, 5.74) is 8.13. The Hall–Kier alpha value is -1.32. The van der Waals surface area contributed by atoms with Crippen LogP contribution in [0.1, 0.15) is 23.0 Å². The fourth-order valence-electron chi connectivity index (χ4n) is 1.68. The molecule has 0 aliphatic carbocycles. The standard InChI is InChI=1S/C12H14ClN3/c1-8-3-2-4-9(12(8)13)10(14)7-11-15-5-6-16-11/h2-6,10H,7,14H2,1H3,(H,15,16). The van der Waals surface area contributed by atoms with Gasteiger partial charge in [0.25, 0.3) is 0 Å². The van der Waals surface area contributed by atoms with Crippen molar-refractivity contribution in [1.82, 2.24) is 9.97 Å². The summed E-state index contributed by atoms with van der Waals surface area (Å²) in [6, 6.07) is 5.78. The lowest BCUT2D eigenvalue weighted by Crippen LogP contribution is -2.15. The molecule has 16 heavy (non-hydrogen) atoms. The Kier molecular flexibility index (Phi) is 3.27. The molecule has 0 amide bonds. The number of nitrogens with two attached hydrogens (primary N) is 1. The average Bonchev–Trinajstić information content (AvgIpc) is 2.74. The van der Waals surface area contributed by atoms with Crippen molar-refractivity contribution in [3.05, 3.63) is 52.6 Å². The highest BCUT2D eigenvalue weighted by atomic mass is 35.5. The lowest BCUT2D eigenvalue weighted by atomic mass is 10.0. The molecular weight excluding hydrogens is 222 g/mol. The number of benzene rings is 1. The summed E-state index contributed by atoms with van der Waals surface area (Å²) in [5, 5.41) is 0.751. The molecule has 0 spiro atoms. The van der Waals surface area contributed by atoms with Gasteiger partial charge in [-0.05, 0) is 18.1 Å². The number of rotatable bonds is 3. The van der Waals surface area contributed by atoms with Crippen LogP contribution in [0, 0.1) is 6.92 Å². The number of aryl methyl sites for hydroxylation is 1. The van der Waals surface area contributed by atoms with E-state index >= 15 is 0 Å². The summed E-state index contributed by atoms with van der Waals surface area (Å²) < 4.78 is 0. The highest BCUT2D eigenvalue weighted by Crippen LogP contribution is 2.26. The first-order valence-electron chi connectivity index (χ1n) is 5.17. The van der Waals surface area contributed by atoms with Crippen LogP contribution in [-0.4, -0.2) is 9.97 Å². The van der Waals surface area contributed by atoms with E-state index in [2.05, 4.69) is 9.97 Å². The molecule has 0 fully saturated rings. The second-order valence-corrected chi connectivity index (χ2v) is 4.20. The Balaban J connectivity index is 2.21. The van der Waals surface area contributed by atoms with Gasteiger partial charge in [0, 0.05) is 29.9 Å². The third kappa shape index (κ3) is 2.26. The van der Waals surface area contributed by atoms with E-state index in [9.17, 15) is 0 Å². The van der Waals surface area contributed by atoms with Crippen LogP contribution in [0.25, 0.3) is 0 Å². The molecule has 0 aliphatic heterocycles. The Morgan fingerprint density at radius 2 is 2.31 bits per heavy atom. The van der Waals surface area contributed by atoms with Gasteiger partial charge in [-0.25, -0.2) is 4.98 Å². The van der Waals surface area contributed by atoms with Crippen LogP contribution in [0.4, 0.5) is 0 Å². The zero-order valence-electron chi connectivity index (χ0n) is 9.07. The third-order valence-electron chi connectivity index (χ3n) is 2.59. The van der Waals surface area contributed by atoms with Gasteiger partial charge < -0.3 is 10.7 Å². The Morgan fingerprint density at radius 3 is 3.00 bits per heavy atom. The number of halogens is 1. The predicted molar refractivity (Wildman–Crippen MR) is 65.4 cm³/mol. The topological polar surface area (TPSA) is 54.7 Å². The first-order chi connectivity index (χ1) is 7.68. The van der Waals surface area contributed by atoms with Crippen LogP contribution in [0.15, 0.2) is 30.6 Å². The van der Waals surface area contributed by atoms with E-state index in [1.165, 1.54) is 0 Å². The molecule has 0 saturated heterocycles. The summed E-state index contributed by atoms with van der Waals surface area (Å²) in [6.45, 7) is 1.98. The lowest BCUT2D eigenvalue weighted by Gasteiger charge is -2.13. The number of H-pyrrole nitrogens is 1. The second kappa shape index (κ2) is 4.68. The minimum atomic E-state index is -0.126. The first-order valence-corrected chi connectivity index (χ1v) is 5.55. The first kappa shape index (κ1) is 11.2. The summed E-state index contributed by atoms with van der Waals surface area (Å²) in [7, 11) is 0. The van der Waals surface area contributed by atoms with Gasteiger partial charge in [-0.1, -0.05) is 29.8 Å². The molecule has 4 heteroatoms. The molecule has 2 rings (SSSR count). The maximum atomic E-state index is 6.22. The molecule has 0 bridgehead atoms. The molecule has 1 atom stereocenters. The van der Waals surface area contributed by atoms with Gasteiger partial charge in [0.15, 0.2) is 0 Å². The number of nitrogens with zero attached hydrogens (tertiary/aromatic N) is 1. The van der Waals surface area contributed by atoms with Crippen LogP contribution >= 0.6 is 11.6 Å². The fourth-order valence-corrected chi connectivity index (χ4v) is 1.95. The molecule has 84 valence electrons. The number of imidazole rings is 1. The normalized spacial score (nSPS) is 12.7. The van der Waals surface area contributed by atoms with Gasteiger partial charge in [-0.2, -0.15) is 0 Å². The largest absolute Gasteiger partial charge is 0.349 e. The molecule has 3 nitrogen and oxygen atoms in total. The predicted octanol–water partition coefficient (Wildman–Crippen LogP) is 2.61. The van der Waals surface area contributed by atoms with E-state index in [1.807, 2.05) is 25.1 Å². The van der Waals surface area contributed by atoms with E-state index < -0.39 is 0 Å². The lowest BCUT2D eigenvalue weighted by molar-refractivity contribution is 0.694. The number of aromatic amines is 1. The number of aromatic nitrogens is 2. The van der Waals surface area contributed by atoms with Crippen molar-refractivity contribution in [2.24, 2.45) is 5.73 Å². The van der Waals surface area contributed by atoms with Crippen LogP contribution in [0.2, 0.25) is 5.02 Å². The Morgan fingerprint density at radius 1 is 1.50 bits per heavy atom. The molecule has 1 unspecified atom stereocenters. The fraction of sp³-hybridized carbons (Fsp3) is 0.250. The van der Waals surface area contributed by atoms with Crippen molar-refractivity contribution in [3.8, 4) is 0 Å². The molecule has 1 heterocycles. The van der Waals surface area contributed by atoms with E-state index in [-0.39, 0.29) is 6.04 Å². The van der Waals surface area contributed by atoms with Crippen LogP contribution in [0.3, 0.4) is 0 Å². The second-order valence-electron chi connectivity index (χ2n) is 3.82. The van der Waals surface area contributed by atoms with Crippen molar-refractivity contribution in [3.63, 3.8) is 0 Å². The molecule has 0 aliphatic rings. The minimum Gasteiger partial charge on any atom is -0.349 e. The van der Waals surface area contributed by atoms with Gasteiger partial charge in [0.2, 0.25) is 0 Å². The summed E-state index contributed by atoms with van der Waals surface area (Å²) in [6.07, 6.45) is 4.18. The molecule has 0 saturated carbocycles. The van der Waals surface area contributed by atoms with Crippen molar-refractivity contribution < 1.29 is 0 Å². The molecule has 3 N–H and O–H groups in total. The van der Waals surface area contributed by atoms with E-state index in [0.717, 1.165) is 22.0 Å². The number of hydrogen-bond acceptors (Lipinski definition) is 2. The monoisotopic (exact) mass is 235 g/mol. The van der Waals surface area contributed by atoms with Gasteiger partial charge in [-0.3, -0.25) is 0 Å². The number of hydrogen-bond donors (Lipinski definition) is 2. The van der Waals surface area contributed by atoms with Crippen molar-refractivity contribution >= 4 is 11.6 Å². The van der Waals surface area contributed by atoms with Gasteiger partial charge >= 0.3 is 0 Å². The van der Waals surface area contributed by atoms with Gasteiger partial charge in [0.05, 0.1) is 0 Å². The summed E-state index contributed by atoms with van der Waals surface area (Å²) in [5.74, 6) is 0.880.